The number of allylic oxidation sites excluding steroid dienone is 2. The molecule has 0 spiro atoms. The van der Waals surface area contributed by atoms with Crippen molar-refractivity contribution in [2.75, 3.05) is 0 Å². The van der Waals surface area contributed by atoms with Gasteiger partial charge in [0.15, 0.2) is 0 Å². The Hall–Kier alpha value is -0.590. The Kier molecular flexibility index (Phi) is 3.21. The molecule has 0 saturated carbocycles. The molecule has 0 aliphatic carbocycles. The zero-order chi connectivity index (χ0) is 7.44. The largest absolute Gasteiger partial charge is 0.299 e. The molecule has 9 heavy (non-hydrogen) atoms. The van der Waals surface area contributed by atoms with Crippen LogP contribution in [0.3, 0.4) is 0 Å². The molecule has 0 saturated heterocycles. The summed E-state index contributed by atoms with van der Waals surface area (Å²) in [4.78, 5) is 10.6. The predicted octanol–water partition coefficient (Wildman–Crippen LogP) is 2.18. The van der Waals surface area contributed by atoms with E-state index in [1.807, 2.05) is 26.8 Å². The van der Waals surface area contributed by atoms with E-state index in [1.165, 1.54) is 5.57 Å². The molecule has 0 amide bonds. The van der Waals surface area contributed by atoms with E-state index in [-0.39, 0.29) is 11.7 Å². The van der Waals surface area contributed by atoms with Crippen LogP contribution in [-0.4, -0.2) is 5.78 Å². The van der Waals surface area contributed by atoms with Gasteiger partial charge in [-0.3, -0.25) is 4.79 Å². The third-order valence-corrected chi connectivity index (χ3v) is 1.22. The quantitative estimate of drug-likeness (QED) is 0.518. The summed E-state index contributed by atoms with van der Waals surface area (Å²) in [6.07, 6.45) is 1.97. The molecule has 0 heterocycles. The molecule has 1 atom stereocenters. The van der Waals surface area contributed by atoms with Crippen LogP contribution in [0.5, 0.6) is 0 Å². The number of hydrogen-bond acceptors (Lipinski definition) is 1. The minimum atomic E-state index is 0.0926. The summed E-state index contributed by atoms with van der Waals surface area (Å²) >= 11 is 0. The molecular formula is C8H14O. The van der Waals surface area contributed by atoms with Crippen LogP contribution < -0.4 is 0 Å². The lowest BCUT2D eigenvalue weighted by Crippen LogP contribution is -2.02. The molecule has 0 N–H and O–H groups in total. The molecule has 0 rings (SSSR count). The average Bonchev–Trinajstić information content (AvgIpc) is 1.63. The minimum absolute atomic E-state index is 0.0926. The van der Waals surface area contributed by atoms with E-state index < -0.39 is 0 Å². The zero-order valence-electron chi connectivity index (χ0n) is 6.56. The Bertz CT molecular complexity index is 130. The van der Waals surface area contributed by atoms with Gasteiger partial charge >= 0.3 is 0 Å². The predicted molar refractivity (Wildman–Crippen MR) is 39.3 cm³/mol. The summed E-state index contributed by atoms with van der Waals surface area (Å²) in [5, 5.41) is 0. The first kappa shape index (κ1) is 8.41. The highest BCUT2D eigenvalue weighted by Gasteiger charge is 2.01. The molecule has 0 bridgehead atoms. The summed E-state index contributed by atoms with van der Waals surface area (Å²) in [5.41, 5.74) is 1.21. The van der Waals surface area contributed by atoms with Crippen molar-refractivity contribution in [1.29, 1.82) is 0 Å². The monoisotopic (exact) mass is 126 g/mol. The van der Waals surface area contributed by atoms with E-state index in [2.05, 4.69) is 0 Å². The first-order valence-electron chi connectivity index (χ1n) is 3.19. The van der Waals surface area contributed by atoms with E-state index in [0.29, 0.717) is 0 Å². The van der Waals surface area contributed by atoms with Gasteiger partial charge in [-0.2, -0.15) is 0 Å². The van der Waals surface area contributed by atoms with E-state index in [0.717, 1.165) is 0 Å². The van der Waals surface area contributed by atoms with E-state index >= 15 is 0 Å². The number of carbonyl (C=O) groups is 1. The molecule has 1 heteroatoms. The maximum atomic E-state index is 10.6. The van der Waals surface area contributed by atoms with Gasteiger partial charge < -0.3 is 0 Å². The summed E-state index contributed by atoms with van der Waals surface area (Å²) in [6, 6.07) is 0. The van der Waals surface area contributed by atoms with Gasteiger partial charge in [-0.25, -0.2) is 0 Å². The fourth-order valence-corrected chi connectivity index (χ4v) is 0.617. The van der Waals surface area contributed by atoms with Crippen molar-refractivity contribution in [3.63, 3.8) is 0 Å². The van der Waals surface area contributed by atoms with Crippen LogP contribution in [0, 0.1) is 5.92 Å². The lowest BCUT2D eigenvalue weighted by Gasteiger charge is -1.99. The molecule has 0 aliphatic rings. The van der Waals surface area contributed by atoms with Crippen LogP contribution in [0.15, 0.2) is 11.6 Å². The van der Waals surface area contributed by atoms with E-state index in [4.69, 9.17) is 0 Å². The average molecular weight is 126 g/mol. The second-order valence-electron chi connectivity index (χ2n) is 2.64. The topological polar surface area (TPSA) is 17.1 Å². The molecule has 0 aromatic heterocycles. The minimum Gasteiger partial charge on any atom is -0.299 e. The fourth-order valence-electron chi connectivity index (χ4n) is 0.617. The molecule has 1 unspecified atom stereocenters. The first-order valence-corrected chi connectivity index (χ1v) is 3.19. The van der Waals surface area contributed by atoms with Gasteiger partial charge in [-0.05, 0) is 20.8 Å². The highest BCUT2D eigenvalue weighted by Crippen LogP contribution is 2.02. The first-order chi connectivity index (χ1) is 4.04. The van der Waals surface area contributed by atoms with Crippen LogP contribution in [0.1, 0.15) is 27.7 Å². The Morgan fingerprint density at radius 1 is 1.33 bits per heavy atom. The molecule has 0 aromatic rings. The normalized spacial score (nSPS) is 12.4. The third kappa shape index (κ3) is 3.95. The Labute approximate surface area is 56.8 Å². The molecule has 0 aromatic carbocycles. The molecule has 0 aliphatic heterocycles. The fraction of sp³-hybridized carbons (Fsp3) is 0.625. The zero-order valence-corrected chi connectivity index (χ0v) is 6.56. The number of Topliss-reactive ketones (excluding diaryl/α,β-unsaturated/α-hetero) is 1. The number of hydrogen-bond donors (Lipinski definition) is 0. The van der Waals surface area contributed by atoms with Gasteiger partial charge in [-0.15, -0.1) is 0 Å². The van der Waals surface area contributed by atoms with Crippen molar-refractivity contribution in [3.8, 4) is 0 Å². The standard InChI is InChI=1S/C8H14O/c1-6(2)5-7(3)8(4)9/h5,7H,1-4H3. The SMILES string of the molecule is CC(=O)C(C)C=C(C)C. The Morgan fingerprint density at radius 3 is 1.89 bits per heavy atom. The molecule has 1 nitrogen and oxygen atoms in total. The Balaban J connectivity index is 3.91. The van der Waals surface area contributed by atoms with Crippen LogP contribution in [0.4, 0.5) is 0 Å². The maximum Gasteiger partial charge on any atom is 0.136 e. The molecule has 0 fully saturated rings. The van der Waals surface area contributed by atoms with Crippen LogP contribution in [0.25, 0.3) is 0 Å². The lowest BCUT2D eigenvalue weighted by atomic mass is 10.1. The second kappa shape index (κ2) is 3.44. The highest BCUT2D eigenvalue weighted by atomic mass is 16.1. The van der Waals surface area contributed by atoms with Gasteiger partial charge in [-0.1, -0.05) is 18.6 Å². The van der Waals surface area contributed by atoms with Crippen molar-refractivity contribution in [1.82, 2.24) is 0 Å². The van der Waals surface area contributed by atoms with Gasteiger partial charge in [0.2, 0.25) is 0 Å². The third-order valence-electron chi connectivity index (χ3n) is 1.22. The summed E-state index contributed by atoms with van der Waals surface area (Å²) in [6.45, 7) is 7.53. The van der Waals surface area contributed by atoms with E-state index in [1.54, 1.807) is 6.92 Å². The number of carbonyl (C=O) groups excluding carboxylic acids is 1. The van der Waals surface area contributed by atoms with Crippen molar-refractivity contribution < 1.29 is 4.79 Å². The van der Waals surface area contributed by atoms with Gasteiger partial charge in [0.25, 0.3) is 0 Å². The van der Waals surface area contributed by atoms with Crippen molar-refractivity contribution >= 4 is 5.78 Å². The smallest absolute Gasteiger partial charge is 0.136 e. The molecule has 52 valence electrons. The van der Waals surface area contributed by atoms with Crippen LogP contribution in [-0.2, 0) is 4.79 Å². The highest BCUT2D eigenvalue weighted by molar-refractivity contribution is 5.79. The van der Waals surface area contributed by atoms with E-state index in [9.17, 15) is 4.79 Å². The van der Waals surface area contributed by atoms with Gasteiger partial charge in [0.05, 0.1) is 0 Å². The number of rotatable bonds is 2. The summed E-state index contributed by atoms with van der Waals surface area (Å²) < 4.78 is 0. The van der Waals surface area contributed by atoms with Crippen molar-refractivity contribution in [3.05, 3.63) is 11.6 Å². The number of ketones is 1. The van der Waals surface area contributed by atoms with Crippen LogP contribution >= 0.6 is 0 Å². The van der Waals surface area contributed by atoms with Gasteiger partial charge in [0, 0.05) is 5.92 Å². The van der Waals surface area contributed by atoms with Crippen LogP contribution in [0.2, 0.25) is 0 Å². The molecule has 0 radical (unpaired) electrons. The lowest BCUT2D eigenvalue weighted by molar-refractivity contribution is -0.118. The summed E-state index contributed by atoms with van der Waals surface area (Å²) in [7, 11) is 0. The van der Waals surface area contributed by atoms with Crippen molar-refractivity contribution in [2.45, 2.75) is 27.7 Å². The van der Waals surface area contributed by atoms with Gasteiger partial charge in [0.1, 0.15) is 5.78 Å². The maximum absolute atomic E-state index is 10.6. The van der Waals surface area contributed by atoms with Crippen molar-refractivity contribution in [2.24, 2.45) is 5.92 Å². The molecular weight excluding hydrogens is 112 g/mol. The second-order valence-corrected chi connectivity index (χ2v) is 2.64. The summed E-state index contributed by atoms with van der Waals surface area (Å²) in [5.74, 6) is 0.325. The Morgan fingerprint density at radius 2 is 1.78 bits per heavy atom.